The first-order chi connectivity index (χ1) is 7.75. The minimum Gasteiger partial charge on any atom is -0.282 e. The Morgan fingerprint density at radius 3 is 3.19 bits per heavy atom. The van der Waals surface area contributed by atoms with Gasteiger partial charge in [-0.3, -0.25) is 9.89 Å². The number of carbonyl (C=O) groups is 1. The van der Waals surface area contributed by atoms with Gasteiger partial charge in [0.25, 0.3) is 5.91 Å². The highest BCUT2D eigenvalue weighted by Gasteiger charge is 2.06. The molecule has 0 aliphatic carbocycles. The molecule has 0 saturated heterocycles. The predicted octanol–water partition coefficient (Wildman–Crippen LogP) is 1.54. The summed E-state index contributed by atoms with van der Waals surface area (Å²) < 4.78 is 0. The molecule has 0 atom stereocenters. The molecule has 2 heterocycles. The first kappa shape index (κ1) is 10.6. The van der Waals surface area contributed by atoms with Gasteiger partial charge in [0.15, 0.2) is 5.69 Å². The largest absolute Gasteiger partial charge is 0.291 e. The fourth-order valence-corrected chi connectivity index (χ4v) is 1.70. The van der Waals surface area contributed by atoms with Crippen molar-refractivity contribution in [2.75, 3.05) is 0 Å². The Kier molecular flexibility index (Phi) is 3.11. The molecule has 1 amide bonds. The van der Waals surface area contributed by atoms with Gasteiger partial charge in [-0.05, 0) is 24.4 Å². The number of aromatic nitrogens is 2. The smallest absolute Gasteiger partial charge is 0.282 e. The van der Waals surface area contributed by atoms with Gasteiger partial charge >= 0.3 is 0 Å². The van der Waals surface area contributed by atoms with E-state index in [0.717, 1.165) is 10.6 Å². The topological polar surface area (TPSA) is 70.1 Å². The molecule has 0 unspecified atom stereocenters. The summed E-state index contributed by atoms with van der Waals surface area (Å²) in [7, 11) is 0. The van der Waals surface area contributed by atoms with Crippen molar-refractivity contribution in [2.24, 2.45) is 5.10 Å². The molecule has 5 nitrogen and oxygen atoms in total. The summed E-state index contributed by atoms with van der Waals surface area (Å²) in [6, 6.07) is 5.50. The van der Waals surface area contributed by atoms with Crippen LogP contribution in [0.4, 0.5) is 0 Å². The van der Waals surface area contributed by atoms with E-state index in [1.54, 1.807) is 23.6 Å². The van der Waals surface area contributed by atoms with E-state index in [-0.39, 0.29) is 5.91 Å². The highest BCUT2D eigenvalue weighted by molar-refractivity contribution is 7.11. The molecule has 2 aromatic heterocycles. The lowest BCUT2D eigenvalue weighted by Crippen LogP contribution is -2.17. The number of carbonyl (C=O) groups excluding carboxylic acids is 1. The Labute approximate surface area is 96.2 Å². The summed E-state index contributed by atoms with van der Waals surface area (Å²) in [5.74, 6) is -0.322. The van der Waals surface area contributed by atoms with Crippen molar-refractivity contribution in [3.8, 4) is 0 Å². The van der Waals surface area contributed by atoms with Crippen LogP contribution in [0.3, 0.4) is 0 Å². The number of hydrogen-bond donors (Lipinski definition) is 2. The molecule has 0 spiro atoms. The third-order valence-electron chi connectivity index (χ3n) is 1.84. The number of H-pyrrole nitrogens is 1. The number of aryl methyl sites for hydroxylation is 1. The molecule has 16 heavy (non-hydrogen) atoms. The van der Waals surface area contributed by atoms with Gasteiger partial charge in [-0.15, -0.1) is 11.3 Å². The van der Waals surface area contributed by atoms with E-state index in [1.165, 1.54) is 0 Å². The number of hydrogen-bond acceptors (Lipinski definition) is 4. The molecular formula is C10H10N4OS. The number of amides is 1. The van der Waals surface area contributed by atoms with Crippen LogP contribution in [0.25, 0.3) is 0 Å². The number of aromatic amines is 1. The minimum absolute atomic E-state index is 0.322. The normalized spacial score (nSPS) is 10.8. The van der Waals surface area contributed by atoms with Crippen LogP contribution in [0.1, 0.15) is 21.1 Å². The molecule has 0 radical (unpaired) electrons. The van der Waals surface area contributed by atoms with Crippen molar-refractivity contribution in [3.05, 3.63) is 39.8 Å². The van der Waals surface area contributed by atoms with Crippen LogP contribution in [0.2, 0.25) is 0 Å². The summed E-state index contributed by atoms with van der Waals surface area (Å²) in [4.78, 5) is 12.5. The van der Waals surface area contributed by atoms with Gasteiger partial charge in [0.1, 0.15) is 0 Å². The fraction of sp³-hybridized carbons (Fsp3) is 0.100. The lowest BCUT2D eigenvalue weighted by Gasteiger charge is -1.93. The lowest BCUT2D eigenvalue weighted by atomic mass is 10.4. The maximum absolute atomic E-state index is 11.5. The maximum Gasteiger partial charge on any atom is 0.291 e. The first-order valence-electron chi connectivity index (χ1n) is 4.64. The second-order valence-electron chi connectivity index (χ2n) is 3.15. The fourth-order valence-electron chi connectivity index (χ4n) is 1.11. The third kappa shape index (κ3) is 2.54. The highest BCUT2D eigenvalue weighted by atomic mass is 32.1. The zero-order valence-corrected chi connectivity index (χ0v) is 9.41. The number of nitrogens with one attached hydrogen (secondary N) is 2. The molecule has 2 rings (SSSR count). The van der Waals surface area contributed by atoms with Crippen molar-refractivity contribution in [1.82, 2.24) is 15.6 Å². The lowest BCUT2D eigenvalue weighted by molar-refractivity contribution is 0.0950. The van der Waals surface area contributed by atoms with Crippen molar-refractivity contribution >= 4 is 23.5 Å². The second kappa shape index (κ2) is 4.71. The minimum atomic E-state index is -0.322. The van der Waals surface area contributed by atoms with Crippen LogP contribution >= 0.6 is 11.3 Å². The zero-order chi connectivity index (χ0) is 11.4. The Morgan fingerprint density at radius 1 is 1.69 bits per heavy atom. The van der Waals surface area contributed by atoms with Crippen molar-refractivity contribution in [2.45, 2.75) is 6.92 Å². The first-order valence-corrected chi connectivity index (χ1v) is 5.52. The van der Waals surface area contributed by atoms with Crippen LogP contribution < -0.4 is 5.43 Å². The molecule has 0 fully saturated rings. The van der Waals surface area contributed by atoms with Gasteiger partial charge in [-0.1, -0.05) is 6.07 Å². The monoisotopic (exact) mass is 234 g/mol. The van der Waals surface area contributed by atoms with Gasteiger partial charge in [0, 0.05) is 10.6 Å². The maximum atomic E-state index is 11.5. The van der Waals surface area contributed by atoms with Crippen LogP contribution in [0, 0.1) is 6.92 Å². The second-order valence-corrected chi connectivity index (χ2v) is 4.13. The van der Waals surface area contributed by atoms with Crippen LogP contribution in [-0.4, -0.2) is 22.3 Å². The number of hydrazone groups is 1. The van der Waals surface area contributed by atoms with Crippen molar-refractivity contribution in [1.29, 1.82) is 0 Å². The molecule has 2 aromatic rings. The predicted molar refractivity (Wildman–Crippen MR) is 62.7 cm³/mol. The summed E-state index contributed by atoms with van der Waals surface area (Å²) in [6.45, 7) is 1.83. The highest BCUT2D eigenvalue weighted by Crippen LogP contribution is 2.04. The van der Waals surface area contributed by atoms with Gasteiger partial charge in [-0.25, -0.2) is 5.43 Å². The van der Waals surface area contributed by atoms with Gasteiger partial charge < -0.3 is 0 Å². The Morgan fingerprint density at radius 2 is 2.56 bits per heavy atom. The van der Waals surface area contributed by atoms with Crippen molar-refractivity contribution in [3.63, 3.8) is 0 Å². The Hall–Kier alpha value is -1.95. The summed E-state index contributed by atoms with van der Waals surface area (Å²) in [6.07, 6.45) is 1.60. The van der Waals surface area contributed by atoms with Gasteiger partial charge in [0.2, 0.25) is 0 Å². The van der Waals surface area contributed by atoms with Crippen molar-refractivity contribution < 1.29 is 4.79 Å². The molecule has 0 aliphatic rings. The Balaban J connectivity index is 1.94. The number of nitrogens with zero attached hydrogens (tertiary/aromatic N) is 2. The average Bonchev–Trinajstić information content (AvgIpc) is 2.89. The molecule has 0 aromatic carbocycles. The van der Waals surface area contributed by atoms with E-state index in [9.17, 15) is 4.79 Å². The standard InChI is InChI=1S/C10H10N4OS/c1-7-5-9(13-12-7)10(15)14-11-6-8-3-2-4-16-8/h2-6H,1H3,(H,12,13)(H,14,15)/b11-6-. The van der Waals surface area contributed by atoms with E-state index in [2.05, 4.69) is 20.7 Å². The molecule has 2 N–H and O–H groups in total. The van der Waals surface area contributed by atoms with Gasteiger partial charge in [0.05, 0.1) is 6.21 Å². The van der Waals surface area contributed by atoms with Crippen LogP contribution in [0.15, 0.2) is 28.7 Å². The van der Waals surface area contributed by atoms with E-state index in [0.29, 0.717) is 5.69 Å². The molecule has 0 aliphatic heterocycles. The summed E-state index contributed by atoms with van der Waals surface area (Å²) in [5, 5.41) is 12.3. The van der Waals surface area contributed by atoms with E-state index >= 15 is 0 Å². The molecule has 82 valence electrons. The molecule has 6 heteroatoms. The quantitative estimate of drug-likeness (QED) is 0.624. The van der Waals surface area contributed by atoms with Crippen LogP contribution in [0.5, 0.6) is 0 Å². The zero-order valence-electron chi connectivity index (χ0n) is 8.60. The number of thiophene rings is 1. The molecule has 0 bridgehead atoms. The SMILES string of the molecule is Cc1cc(C(=O)N/N=C\c2cccs2)n[nH]1. The summed E-state index contributed by atoms with van der Waals surface area (Å²) in [5.41, 5.74) is 3.58. The summed E-state index contributed by atoms with van der Waals surface area (Å²) >= 11 is 1.55. The van der Waals surface area contributed by atoms with E-state index < -0.39 is 0 Å². The average molecular weight is 234 g/mol. The van der Waals surface area contributed by atoms with Crippen LogP contribution in [-0.2, 0) is 0 Å². The van der Waals surface area contributed by atoms with Gasteiger partial charge in [-0.2, -0.15) is 10.2 Å². The molecular weight excluding hydrogens is 224 g/mol. The van der Waals surface area contributed by atoms with E-state index in [1.807, 2.05) is 24.4 Å². The van der Waals surface area contributed by atoms with E-state index in [4.69, 9.17) is 0 Å². The molecule has 0 saturated carbocycles. The third-order valence-corrected chi connectivity index (χ3v) is 2.65. The Bertz CT molecular complexity index is 501. The number of rotatable bonds is 3.